The summed E-state index contributed by atoms with van der Waals surface area (Å²) >= 11 is 1.81. The van der Waals surface area contributed by atoms with Crippen molar-refractivity contribution in [2.24, 2.45) is 0 Å². The van der Waals surface area contributed by atoms with E-state index < -0.39 is 5.95 Å². The van der Waals surface area contributed by atoms with Crippen LogP contribution < -0.4 is 0 Å². The monoisotopic (exact) mass is 268 g/mol. The first-order valence-electron chi connectivity index (χ1n) is 6.05. The Morgan fingerprint density at radius 3 is 2.89 bits per heavy atom. The van der Waals surface area contributed by atoms with E-state index in [1.807, 2.05) is 18.8 Å². The van der Waals surface area contributed by atoms with Crippen LogP contribution in [0.3, 0.4) is 0 Å². The second kappa shape index (κ2) is 5.69. The second-order valence-corrected chi connectivity index (χ2v) is 5.63. The molecule has 98 valence electrons. The lowest BCUT2D eigenvalue weighted by molar-refractivity contribution is 0.0738. The van der Waals surface area contributed by atoms with Gasteiger partial charge in [-0.2, -0.15) is 16.2 Å². The Morgan fingerprint density at radius 1 is 1.50 bits per heavy atom. The van der Waals surface area contributed by atoms with Gasteiger partial charge in [0.25, 0.3) is 5.91 Å². The highest BCUT2D eigenvalue weighted by atomic mass is 32.2. The molecule has 1 saturated carbocycles. The van der Waals surface area contributed by atoms with E-state index in [0.29, 0.717) is 10.8 Å². The molecule has 0 N–H and O–H groups in total. The minimum absolute atomic E-state index is 0.0755. The summed E-state index contributed by atoms with van der Waals surface area (Å²) in [6, 6.07) is 2.99. The van der Waals surface area contributed by atoms with E-state index in [4.69, 9.17) is 0 Å². The number of amides is 1. The van der Waals surface area contributed by atoms with Crippen molar-refractivity contribution in [3.05, 3.63) is 29.8 Å². The number of hydrogen-bond acceptors (Lipinski definition) is 3. The van der Waals surface area contributed by atoms with Crippen molar-refractivity contribution in [3.8, 4) is 0 Å². The summed E-state index contributed by atoms with van der Waals surface area (Å²) in [6.45, 7) is 0. The molecule has 0 radical (unpaired) electrons. The molecule has 1 aromatic heterocycles. The number of carbonyl (C=O) groups is 1. The highest BCUT2D eigenvalue weighted by Crippen LogP contribution is 2.32. The molecule has 0 saturated heterocycles. The average molecular weight is 268 g/mol. The van der Waals surface area contributed by atoms with Crippen LogP contribution in [0.25, 0.3) is 0 Å². The molecule has 1 aromatic rings. The third-order valence-electron chi connectivity index (χ3n) is 3.51. The molecule has 1 aliphatic carbocycles. The summed E-state index contributed by atoms with van der Waals surface area (Å²) in [4.78, 5) is 17.6. The van der Waals surface area contributed by atoms with Crippen LogP contribution in [-0.4, -0.2) is 40.4 Å². The number of nitrogens with zero attached hydrogens (tertiary/aromatic N) is 2. The fraction of sp³-hybridized carbons (Fsp3) is 0.538. The van der Waals surface area contributed by atoms with E-state index in [1.165, 1.54) is 18.3 Å². The summed E-state index contributed by atoms with van der Waals surface area (Å²) in [5.74, 6) is -0.634. The van der Waals surface area contributed by atoms with Gasteiger partial charge in [0, 0.05) is 24.5 Å². The fourth-order valence-corrected chi connectivity index (χ4v) is 3.52. The van der Waals surface area contributed by atoms with Crippen LogP contribution in [0.4, 0.5) is 4.39 Å². The quantitative estimate of drug-likeness (QED) is 0.790. The lowest BCUT2D eigenvalue weighted by Crippen LogP contribution is -2.40. The number of pyridine rings is 1. The lowest BCUT2D eigenvalue weighted by Gasteiger charge is -2.28. The summed E-state index contributed by atoms with van der Waals surface area (Å²) in [5.41, 5.74) is 0.450. The molecule has 18 heavy (non-hydrogen) atoms. The Labute approximate surface area is 111 Å². The van der Waals surface area contributed by atoms with Gasteiger partial charge in [0.15, 0.2) is 0 Å². The number of rotatable bonds is 3. The Kier molecular flexibility index (Phi) is 4.22. The molecule has 1 aliphatic rings. The smallest absolute Gasteiger partial charge is 0.255 e. The molecular formula is C13H17FN2OS. The fourth-order valence-electron chi connectivity index (χ4n) is 2.48. The molecule has 5 heteroatoms. The predicted molar refractivity (Wildman–Crippen MR) is 71.2 cm³/mol. The maximum atomic E-state index is 12.7. The van der Waals surface area contributed by atoms with Gasteiger partial charge in [-0.3, -0.25) is 4.79 Å². The van der Waals surface area contributed by atoms with Crippen LogP contribution in [0.2, 0.25) is 0 Å². The minimum atomic E-state index is -0.558. The molecule has 3 nitrogen and oxygen atoms in total. The Hall–Kier alpha value is -1.10. The molecule has 0 aromatic carbocycles. The summed E-state index contributed by atoms with van der Waals surface area (Å²) in [6.07, 6.45) is 6.75. The van der Waals surface area contributed by atoms with Crippen LogP contribution in [0.5, 0.6) is 0 Å². The normalized spacial score (nSPS) is 23.1. The van der Waals surface area contributed by atoms with Crippen molar-refractivity contribution < 1.29 is 9.18 Å². The number of halogens is 1. The van der Waals surface area contributed by atoms with Crippen LogP contribution in [0.15, 0.2) is 18.3 Å². The molecule has 2 atom stereocenters. The first kappa shape index (κ1) is 13.3. The first-order chi connectivity index (χ1) is 8.63. The van der Waals surface area contributed by atoms with E-state index in [0.717, 1.165) is 19.3 Å². The molecular weight excluding hydrogens is 251 g/mol. The molecule has 0 aliphatic heterocycles. The molecule has 0 unspecified atom stereocenters. The van der Waals surface area contributed by atoms with E-state index in [1.54, 1.807) is 4.90 Å². The minimum Gasteiger partial charge on any atom is -0.338 e. The third-order valence-corrected chi connectivity index (χ3v) is 4.67. The van der Waals surface area contributed by atoms with Crippen LogP contribution in [0.1, 0.15) is 29.6 Å². The molecule has 1 heterocycles. The lowest BCUT2D eigenvalue weighted by atomic mass is 10.2. The standard InChI is InChI=1S/C13H17FN2OS/c1-16(10-4-3-5-11(10)18-2)13(17)9-6-7-12(14)15-8-9/h6-8,10-11H,3-5H2,1-2H3/t10-,11+/m0/s1. The van der Waals surface area contributed by atoms with Gasteiger partial charge in [-0.15, -0.1) is 0 Å². The topological polar surface area (TPSA) is 33.2 Å². The first-order valence-corrected chi connectivity index (χ1v) is 7.33. The largest absolute Gasteiger partial charge is 0.338 e. The van der Waals surface area contributed by atoms with Gasteiger partial charge in [0.1, 0.15) is 0 Å². The Balaban J connectivity index is 2.11. The number of hydrogen-bond donors (Lipinski definition) is 0. The zero-order valence-electron chi connectivity index (χ0n) is 10.6. The van der Waals surface area contributed by atoms with Crippen molar-refractivity contribution in [3.63, 3.8) is 0 Å². The second-order valence-electron chi connectivity index (χ2n) is 4.56. The van der Waals surface area contributed by atoms with Crippen molar-refractivity contribution >= 4 is 17.7 Å². The highest BCUT2D eigenvalue weighted by molar-refractivity contribution is 7.99. The molecule has 1 amide bonds. The number of thioether (sulfide) groups is 1. The predicted octanol–water partition coefficient (Wildman–Crippen LogP) is 2.58. The van der Waals surface area contributed by atoms with E-state index >= 15 is 0 Å². The van der Waals surface area contributed by atoms with Crippen LogP contribution >= 0.6 is 11.8 Å². The Morgan fingerprint density at radius 2 is 2.28 bits per heavy atom. The highest BCUT2D eigenvalue weighted by Gasteiger charge is 2.32. The summed E-state index contributed by atoms with van der Waals surface area (Å²) in [7, 11) is 1.82. The van der Waals surface area contributed by atoms with Crippen molar-refractivity contribution in [1.82, 2.24) is 9.88 Å². The van der Waals surface area contributed by atoms with Crippen LogP contribution in [0, 0.1) is 5.95 Å². The zero-order chi connectivity index (χ0) is 13.1. The molecule has 0 bridgehead atoms. The van der Waals surface area contributed by atoms with Gasteiger partial charge in [0.2, 0.25) is 5.95 Å². The van der Waals surface area contributed by atoms with Crippen molar-refractivity contribution in [2.45, 2.75) is 30.6 Å². The van der Waals surface area contributed by atoms with E-state index in [2.05, 4.69) is 11.2 Å². The van der Waals surface area contributed by atoms with Gasteiger partial charge in [0.05, 0.1) is 5.56 Å². The third kappa shape index (κ3) is 2.66. The van der Waals surface area contributed by atoms with Gasteiger partial charge in [-0.1, -0.05) is 6.42 Å². The van der Waals surface area contributed by atoms with Crippen LogP contribution in [-0.2, 0) is 0 Å². The molecule has 1 fully saturated rings. The van der Waals surface area contributed by atoms with Gasteiger partial charge >= 0.3 is 0 Å². The zero-order valence-corrected chi connectivity index (χ0v) is 11.4. The number of carbonyl (C=O) groups excluding carboxylic acids is 1. The van der Waals surface area contributed by atoms with Gasteiger partial charge in [-0.05, 0) is 31.2 Å². The SMILES string of the molecule is CS[C@@H]1CCC[C@@H]1N(C)C(=O)c1ccc(F)nc1. The summed E-state index contributed by atoms with van der Waals surface area (Å²) in [5, 5.41) is 0.507. The molecule has 2 rings (SSSR count). The number of aromatic nitrogens is 1. The average Bonchev–Trinajstić information content (AvgIpc) is 2.86. The maximum Gasteiger partial charge on any atom is 0.255 e. The van der Waals surface area contributed by atoms with E-state index in [-0.39, 0.29) is 11.9 Å². The van der Waals surface area contributed by atoms with E-state index in [9.17, 15) is 9.18 Å². The summed E-state index contributed by atoms with van der Waals surface area (Å²) < 4.78 is 12.7. The molecule has 0 spiro atoms. The van der Waals surface area contributed by atoms with Crippen molar-refractivity contribution in [1.29, 1.82) is 0 Å². The Bertz CT molecular complexity index is 424. The van der Waals surface area contributed by atoms with Gasteiger partial charge in [-0.25, -0.2) is 4.98 Å². The maximum absolute atomic E-state index is 12.7. The van der Waals surface area contributed by atoms with Gasteiger partial charge < -0.3 is 4.90 Å². The van der Waals surface area contributed by atoms with Crippen molar-refractivity contribution in [2.75, 3.05) is 13.3 Å².